The fourth-order valence-electron chi connectivity index (χ4n) is 5.76. The third kappa shape index (κ3) is 4.44. The van der Waals surface area contributed by atoms with Crippen molar-refractivity contribution in [3.05, 3.63) is 70.3 Å². The van der Waals surface area contributed by atoms with Gasteiger partial charge in [-0.25, -0.2) is 0 Å². The molecule has 2 aliphatic rings. The Morgan fingerprint density at radius 2 is 1.59 bits per heavy atom. The number of phenolic OH excluding ortho intramolecular Hbond substituents is 1. The predicted molar refractivity (Wildman–Crippen MR) is 132 cm³/mol. The van der Waals surface area contributed by atoms with E-state index in [0.717, 1.165) is 43.7 Å². The van der Waals surface area contributed by atoms with E-state index in [9.17, 15) is 5.11 Å². The van der Waals surface area contributed by atoms with Gasteiger partial charge >= 0.3 is 0 Å². The predicted octanol–water partition coefficient (Wildman–Crippen LogP) is 4.92. The molecule has 0 aromatic heterocycles. The highest BCUT2D eigenvalue weighted by molar-refractivity contribution is 5.49. The van der Waals surface area contributed by atoms with E-state index in [1.807, 2.05) is 26.2 Å². The lowest BCUT2D eigenvalue weighted by atomic mass is 9.61. The van der Waals surface area contributed by atoms with Crippen molar-refractivity contribution in [3.8, 4) is 11.5 Å². The second-order valence-electron chi connectivity index (χ2n) is 10.1. The van der Waals surface area contributed by atoms with Gasteiger partial charge in [-0.1, -0.05) is 35.9 Å². The first-order valence-corrected chi connectivity index (χ1v) is 11.9. The molecule has 3 atom stereocenters. The maximum atomic E-state index is 10.9. The van der Waals surface area contributed by atoms with Crippen LogP contribution >= 0.6 is 0 Å². The minimum Gasteiger partial charge on any atom is -0.508 e. The summed E-state index contributed by atoms with van der Waals surface area (Å²) in [5.74, 6) is 2.15. The molecular weight excluding hydrogens is 396 g/mol. The Kier molecular flexibility index (Phi) is 6.64. The fourth-order valence-corrected chi connectivity index (χ4v) is 5.76. The molecule has 0 amide bonds. The summed E-state index contributed by atoms with van der Waals surface area (Å²) in [4.78, 5) is 0. The Balaban J connectivity index is 1.77. The molecule has 2 aromatic rings. The molecule has 4 heteroatoms. The number of hydrogen-bond donors (Lipinski definition) is 3. The van der Waals surface area contributed by atoms with Crippen LogP contribution in [0, 0.1) is 5.92 Å². The van der Waals surface area contributed by atoms with Crippen LogP contribution in [0.1, 0.15) is 61.3 Å². The summed E-state index contributed by atoms with van der Waals surface area (Å²) in [6.45, 7) is 8.55. The van der Waals surface area contributed by atoms with Gasteiger partial charge in [0.1, 0.15) is 17.1 Å². The second kappa shape index (κ2) is 9.29. The molecular formula is C28H38N2O2. The first-order valence-electron chi connectivity index (χ1n) is 11.9. The van der Waals surface area contributed by atoms with Crippen LogP contribution in [0.15, 0.2) is 48.0 Å². The van der Waals surface area contributed by atoms with Crippen molar-refractivity contribution in [2.45, 2.75) is 57.5 Å². The third-order valence-electron chi connectivity index (χ3n) is 7.25. The summed E-state index contributed by atoms with van der Waals surface area (Å²) in [6.07, 6.45) is 5.37. The average molecular weight is 435 g/mol. The van der Waals surface area contributed by atoms with Gasteiger partial charge < -0.3 is 20.5 Å². The number of likely N-dealkylation sites (N-methyl/N-ethyl adjacent to an activating group) is 2. The molecule has 172 valence electrons. The molecule has 0 fully saturated rings. The summed E-state index contributed by atoms with van der Waals surface area (Å²) >= 11 is 0. The Morgan fingerprint density at radius 3 is 2.25 bits per heavy atom. The van der Waals surface area contributed by atoms with E-state index in [1.54, 1.807) is 0 Å². The van der Waals surface area contributed by atoms with Gasteiger partial charge in [0.15, 0.2) is 0 Å². The summed E-state index contributed by atoms with van der Waals surface area (Å²) in [5, 5.41) is 17.4. The van der Waals surface area contributed by atoms with E-state index in [2.05, 4.69) is 61.7 Å². The molecule has 4 rings (SSSR count). The molecule has 0 saturated carbocycles. The van der Waals surface area contributed by atoms with E-state index < -0.39 is 0 Å². The summed E-state index contributed by atoms with van der Waals surface area (Å²) in [7, 11) is 3.97. The average Bonchev–Trinajstić information content (AvgIpc) is 2.76. The quantitative estimate of drug-likeness (QED) is 0.542. The van der Waals surface area contributed by atoms with E-state index in [0.29, 0.717) is 11.7 Å². The van der Waals surface area contributed by atoms with E-state index >= 15 is 0 Å². The number of ether oxygens (including phenoxy) is 1. The molecule has 0 radical (unpaired) electrons. The van der Waals surface area contributed by atoms with Crippen molar-refractivity contribution in [2.75, 3.05) is 27.2 Å². The van der Waals surface area contributed by atoms with Crippen LogP contribution < -0.4 is 15.4 Å². The van der Waals surface area contributed by atoms with Crippen molar-refractivity contribution in [1.82, 2.24) is 10.6 Å². The first-order chi connectivity index (χ1) is 15.3. The summed E-state index contributed by atoms with van der Waals surface area (Å²) < 4.78 is 6.63. The van der Waals surface area contributed by atoms with Gasteiger partial charge in [-0.2, -0.15) is 0 Å². The van der Waals surface area contributed by atoms with Gasteiger partial charge in [0.25, 0.3) is 0 Å². The van der Waals surface area contributed by atoms with E-state index in [1.165, 1.54) is 22.3 Å². The number of aromatic hydroxyl groups is 1. The SMILES string of the molecule is CNCCc1ccc(O)c(C2C=C(C)C[C@H]3c4cc(CCNC)ccc4OC(C)(C)[C@H]23)c1. The van der Waals surface area contributed by atoms with Crippen LogP contribution in [-0.4, -0.2) is 37.9 Å². The minimum atomic E-state index is -0.334. The zero-order valence-corrected chi connectivity index (χ0v) is 20.2. The van der Waals surface area contributed by atoms with Crippen LogP contribution in [0.5, 0.6) is 11.5 Å². The van der Waals surface area contributed by atoms with Gasteiger partial charge in [-0.3, -0.25) is 0 Å². The Labute approximate surface area is 193 Å². The van der Waals surface area contributed by atoms with Gasteiger partial charge in [0.2, 0.25) is 0 Å². The molecule has 32 heavy (non-hydrogen) atoms. The molecule has 0 saturated heterocycles. The molecule has 1 aliphatic carbocycles. The van der Waals surface area contributed by atoms with Crippen molar-refractivity contribution in [3.63, 3.8) is 0 Å². The zero-order chi connectivity index (χ0) is 22.9. The van der Waals surface area contributed by atoms with Crippen LogP contribution in [0.3, 0.4) is 0 Å². The van der Waals surface area contributed by atoms with Gasteiger partial charge in [-0.05, 0) is 102 Å². The molecule has 2 aromatic carbocycles. The molecule has 0 bridgehead atoms. The lowest BCUT2D eigenvalue weighted by Gasteiger charge is -2.50. The standard InChI is InChI=1S/C28H38N2O2/c1-18-14-23(21-16-19(10-12-29-4)6-8-25(21)31)27-24(15-18)22-17-20(11-13-30-5)7-9-26(22)32-28(27,2)3/h6-9,14,16-17,23-24,27,29-31H,10-13,15H2,1-5H3/t23?,24-,27+/m0/s1. The van der Waals surface area contributed by atoms with Crippen LogP contribution in [0.4, 0.5) is 0 Å². The number of benzene rings is 2. The van der Waals surface area contributed by atoms with Crippen molar-refractivity contribution in [1.29, 1.82) is 0 Å². The number of phenols is 1. The van der Waals surface area contributed by atoms with Gasteiger partial charge in [-0.15, -0.1) is 0 Å². The van der Waals surface area contributed by atoms with Crippen molar-refractivity contribution in [2.24, 2.45) is 5.92 Å². The Bertz CT molecular complexity index is 995. The Hall–Kier alpha value is -2.30. The normalized spacial score (nSPS) is 23.7. The molecule has 3 N–H and O–H groups in total. The highest BCUT2D eigenvalue weighted by atomic mass is 16.5. The minimum absolute atomic E-state index is 0.118. The molecule has 0 spiro atoms. The van der Waals surface area contributed by atoms with Gasteiger partial charge in [0.05, 0.1) is 0 Å². The molecule has 1 unspecified atom stereocenters. The van der Waals surface area contributed by atoms with Crippen LogP contribution in [-0.2, 0) is 12.8 Å². The van der Waals surface area contributed by atoms with E-state index in [-0.39, 0.29) is 17.4 Å². The largest absolute Gasteiger partial charge is 0.508 e. The number of rotatable bonds is 7. The van der Waals surface area contributed by atoms with Crippen LogP contribution in [0.2, 0.25) is 0 Å². The lowest BCUT2D eigenvalue weighted by molar-refractivity contribution is -0.000498. The summed E-state index contributed by atoms with van der Waals surface area (Å²) in [6, 6.07) is 12.8. The highest BCUT2D eigenvalue weighted by Gasteiger charge is 2.49. The molecule has 1 heterocycles. The fraction of sp³-hybridized carbons (Fsp3) is 0.500. The second-order valence-corrected chi connectivity index (χ2v) is 10.1. The number of nitrogens with one attached hydrogen (secondary N) is 2. The third-order valence-corrected chi connectivity index (χ3v) is 7.25. The van der Waals surface area contributed by atoms with Crippen LogP contribution in [0.25, 0.3) is 0 Å². The van der Waals surface area contributed by atoms with Gasteiger partial charge in [0, 0.05) is 17.4 Å². The zero-order valence-electron chi connectivity index (χ0n) is 20.2. The maximum Gasteiger partial charge on any atom is 0.123 e. The smallest absolute Gasteiger partial charge is 0.123 e. The number of allylic oxidation sites excluding steroid dienone is 2. The maximum absolute atomic E-state index is 10.9. The highest BCUT2D eigenvalue weighted by Crippen LogP contribution is 2.56. The number of hydrogen-bond acceptors (Lipinski definition) is 4. The Morgan fingerprint density at radius 1 is 0.969 bits per heavy atom. The molecule has 1 aliphatic heterocycles. The van der Waals surface area contributed by atoms with Crippen molar-refractivity contribution < 1.29 is 9.84 Å². The topological polar surface area (TPSA) is 53.5 Å². The summed E-state index contributed by atoms with van der Waals surface area (Å²) in [5.41, 5.74) is 6.01. The lowest BCUT2D eigenvalue weighted by Crippen LogP contribution is -2.48. The van der Waals surface area contributed by atoms with Crippen molar-refractivity contribution >= 4 is 0 Å². The molecule has 4 nitrogen and oxygen atoms in total. The van der Waals surface area contributed by atoms with E-state index in [4.69, 9.17) is 4.74 Å². The monoisotopic (exact) mass is 434 g/mol. The number of fused-ring (bicyclic) bond motifs is 3. The first kappa shape index (κ1) is 22.9.